The van der Waals surface area contributed by atoms with Gasteiger partial charge in [-0.1, -0.05) is 13.8 Å². The number of nitrogens with two attached hydrogens (primary N) is 1. The fourth-order valence-electron chi connectivity index (χ4n) is 1.59. The van der Waals surface area contributed by atoms with Gasteiger partial charge in [0.15, 0.2) is 0 Å². The number of hydrogen-bond acceptors (Lipinski definition) is 4. The third kappa shape index (κ3) is 3.97. The van der Waals surface area contributed by atoms with E-state index in [4.69, 9.17) is 5.73 Å². The average molecular weight is 268 g/mol. The standard InChI is InChI=1S/C12H20N4O3/c1-8(2)4-5-14-10(17)7-16-11(18)9(13)6-15(3)12(16)19/h6,8H,4-5,7,13H2,1-3H3,(H,14,17). The third-order valence-electron chi connectivity index (χ3n) is 2.70. The number of nitrogen functional groups attached to an aromatic ring is 1. The fourth-order valence-corrected chi connectivity index (χ4v) is 1.59. The summed E-state index contributed by atoms with van der Waals surface area (Å²) in [6.45, 7) is 4.30. The summed E-state index contributed by atoms with van der Waals surface area (Å²) in [6.07, 6.45) is 2.09. The summed E-state index contributed by atoms with van der Waals surface area (Å²) in [7, 11) is 1.48. The molecule has 1 rings (SSSR count). The molecule has 1 aromatic heterocycles. The molecule has 1 heterocycles. The molecule has 0 aliphatic heterocycles. The molecule has 0 spiro atoms. The van der Waals surface area contributed by atoms with Crippen LogP contribution in [0.5, 0.6) is 0 Å². The summed E-state index contributed by atoms with van der Waals surface area (Å²) in [4.78, 5) is 35.1. The van der Waals surface area contributed by atoms with Crippen molar-refractivity contribution in [2.45, 2.75) is 26.8 Å². The molecule has 0 unspecified atom stereocenters. The van der Waals surface area contributed by atoms with E-state index < -0.39 is 11.2 Å². The van der Waals surface area contributed by atoms with Crippen LogP contribution in [0.1, 0.15) is 20.3 Å². The predicted octanol–water partition coefficient (Wildman–Crippen LogP) is -0.708. The number of rotatable bonds is 5. The molecular formula is C12H20N4O3. The average Bonchev–Trinajstić information content (AvgIpc) is 2.32. The molecule has 106 valence electrons. The Kier molecular flexibility index (Phi) is 4.91. The number of nitrogens with one attached hydrogen (secondary N) is 1. The second-order valence-electron chi connectivity index (χ2n) is 4.90. The number of carbonyl (C=O) groups excluding carboxylic acids is 1. The maximum Gasteiger partial charge on any atom is 0.331 e. The van der Waals surface area contributed by atoms with E-state index in [1.165, 1.54) is 17.8 Å². The Labute approximate surface area is 111 Å². The number of aromatic nitrogens is 2. The normalized spacial score (nSPS) is 10.7. The molecular weight excluding hydrogens is 248 g/mol. The maximum absolute atomic E-state index is 11.7. The van der Waals surface area contributed by atoms with E-state index >= 15 is 0 Å². The summed E-state index contributed by atoms with van der Waals surface area (Å²) < 4.78 is 2.01. The van der Waals surface area contributed by atoms with E-state index in [1.54, 1.807) is 0 Å². The molecule has 0 saturated carbocycles. The molecule has 19 heavy (non-hydrogen) atoms. The van der Waals surface area contributed by atoms with Crippen LogP contribution in [0.25, 0.3) is 0 Å². The van der Waals surface area contributed by atoms with Crippen molar-refractivity contribution in [3.63, 3.8) is 0 Å². The lowest BCUT2D eigenvalue weighted by Gasteiger charge is -2.09. The van der Waals surface area contributed by atoms with E-state index in [1.807, 2.05) is 13.8 Å². The molecule has 7 nitrogen and oxygen atoms in total. The number of aryl methyl sites for hydroxylation is 1. The highest BCUT2D eigenvalue weighted by Crippen LogP contribution is 1.96. The van der Waals surface area contributed by atoms with Gasteiger partial charge in [0.2, 0.25) is 5.91 Å². The first-order valence-electron chi connectivity index (χ1n) is 6.15. The lowest BCUT2D eigenvalue weighted by Crippen LogP contribution is -2.43. The summed E-state index contributed by atoms with van der Waals surface area (Å²) in [5.41, 5.74) is 4.23. The molecule has 0 radical (unpaired) electrons. The second kappa shape index (κ2) is 6.21. The van der Waals surface area contributed by atoms with Gasteiger partial charge in [0.1, 0.15) is 12.2 Å². The molecule has 0 aliphatic rings. The summed E-state index contributed by atoms with van der Waals surface area (Å²) in [6, 6.07) is 0. The molecule has 7 heteroatoms. The molecule has 0 atom stereocenters. The van der Waals surface area contributed by atoms with Crippen molar-refractivity contribution in [1.29, 1.82) is 0 Å². The fraction of sp³-hybridized carbons (Fsp3) is 0.583. The second-order valence-corrected chi connectivity index (χ2v) is 4.90. The van der Waals surface area contributed by atoms with Gasteiger partial charge < -0.3 is 15.6 Å². The van der Waals surface area contributed by atoms with E-state index in [0.717, 1.165) is 11.0 Å². The molecule has 0 aliphatic carbocycles. The van der Waals surface area contributed by atoms with Crippen LogP contribution >= 0.6 is 0 Å². The van der Waals surface area contributed by atoms with Crippen molar-refractivity contribution in [3.8, 4) is 0 Å². The van der Waals surface area contributed by atoms with Gasteiger partial charge in [0.25, 0.3) is 5.56 Å². The van der Waals surface area contributed by atoms with Crippen LogP contribution in [-0.4, -0.2) is 21.6 Å². The Morgan fingerprint density at radius 3 is 2.63 bits per heavy atom. The first kappa shape index (κ1) is 15.0. The zero-order valence-electron chi connectivity index (χ0n) is 11.5. The third-order valence-corrected chi connectivity index (χ3v) is 2.70. The minimum absolute atomic E-state index is 0.0583. The topological polar surface area (TPSA) is 99.1 Å². The molecule has 1 amide bonds. The van der Waals surface area contributed by atoms with Gasteiger partial charge in [-0.15, -0.1) is 0 Å². The van der Waals surface area contributed by atoms with E-state index in [0.29, 0.717) is 12.5 Å². The summed E-state index contributed by atoms with van der Waals surface area (Å²) in [5.74, 6) is 0.105. The monoisotopic (exact) mass is 268 g/mol. The Morgan fingerprint density at radius 1 is 1.42 bits per heavy atom. The number of carbonyl (C=O) groups is 1. The number of anilines is 1. The zero-order valence-corrected chi connectivity index (χ0v) is 11.5. The van der Waals surface area contributed by atoms with Crippen molar-refractivity contribution >= 4 is 11.6 Å². The van der Waals surface area contributed by atoms with Gasteiger partial charge in [-0.2, -0.15) is 0 Å². The molecule has 1 aromatic rings. The van der Waals surface area contributed by atoms with E-state index in [2.05, 4.69) is 5.32 Å². The maximum atomic E-state index is 11.7. The van der Waals surface area contributed by atoms with Gasteiger partial charge >= 0.3 is 5.69 Å². The number of nitrogens with zero attached hydrogens (tertiary/aromatic N) is 2. The largest absolute Gasteiger partial charge is 0.393 e. The van der Waals surface area contributed by atoms with Crippen LogP contribution in [0.2, 0.25) is 0 Å². The Balaban J connectivity index is 2.80. The van der Waals surface area contributed by atoms with Gasteiger partial charge in [0.05, 0.1) is 0 Å². The Morgan fingerprint density at radius 2 is 2.05 bits per heavy atom. The highest BCUT2D eigenvalue weighted by Gasteiger charge is 2.11. The molecule has 3 N–H and O–H groups in total. The Bertz CT molecular complexity index is 537. The van der Waals surface area contributed by atoms with Gasteiger partial charge in [-0.3, -0.25) is 9.59 Å². The highest BCUT2D eigenvalue weighted by atomic mass is 16.2. The first-order valence-corrected chi connectivity index (χ1v) is 6.15. The Hall–Kier alpha value is -2.05. The first-order chi connectivity index (χ1) is 8.82. The predicted molar refractivity (Wildman–Crippen MR) is 72.8 cm³/mol. The summed E-state index contributed by atoms with van der Waals surface area (Å²) >= 11 is 0. The molecule has 0 saturated heterocycles. The van der Waals surface area contributed by atoms with Crippen LogP contribution < -0.4 is 22.3 Å². The van der Waals surface area contributed by atoms with Crippen molar-refractivity contribution in [2.24, 2.45) is 13.0 Å². The lowest BCUT2D eigenvalue weighted by molar-refractivity contribution is -0.121. The summed E-state index contributed by atoms with van der Waals surface area (Å²) in [5, 5.41) is 2.67. The number of amides is 1. The van der Waals surface area contributed by atoms with E-state index in [-0.39, 0.29) is 18.1 Å². The minimum atomic E-state index is -0.637. The molecule has 0 bridgehead atoms. The smallest absolute Gasteiger partial charge is 0.331 e. The van der Waals surface area contributed by atoms with Crippen molar-refractivity contribution in [2.75, 3.05) is 12.3 Å². The van der Waals surface area contributed by atoms with Gasteiger partial charge in [-0.25, -0.2) is 9.36 Å². The van der Waals surface area contributed by atoms with Crippen molar-refractivity contribution < 1.29 is 4.79 Å². The van der Waals surface area contributed by atoms with Crippen LogP contribution in [0.3, 0.4) is 0 Å². The van der Waals surface area contributed by atoms with Crippen molar-refractivity contribution in [3.05, 3.63) is 27.0 Å². The number of hydrogen-bond donors (Lipinski definition) is 2. The van der Waals surface area contributed by atoms with Crippen LogP contribution in [0, 0.1) is 5.92 Å². The zero-order chi connectivity index (χ0) is 14.6. The molecule has 0 aromatic carbocycles. The highest BCUT2D eigenvalue weighted by molar-refractivity contribution is 5.75. The minimum Gasteiger partial charge on any atom is -0.393 e. The lowest BCUT2D eigenvalue weighted by atomic mass is 10.1. The van der Waals surface area contributed by atoms with E-state index in [9.17, 15) is 14.4 Å². The van der Waals surface area contributed by atoms with Gasteiger partial charge in [-0.05, 0) is 12.3 Å². The van der Waals surface area contributed by atoms with Crippen LogP contribution in [0.15, 0.2) is 15.8 Å². The quantitative estimate of drug-likeness (QED) is 0.737. The van der Waals surface area contributed by atoms with Crippen molar-refractivity contribution in [1.82, 2.24) is 14.5 Å². The van der Waals surface area contributed by atoms with Gasteiger partial charge in [0, 0.05) is 19.8 Å². The molecule has 0 fully saturated rings. The van der Waals surface area contributed by atoms with Crippen LogP contribution in [-0.2, 0) is 18.4 Å². The SMILES string of the molecule is CC(C)CCNC(=O)Cn1c(=O)c(N)cn(C)c1=O. The van der Waals surface area contributed by atoms with Crippen LogP contribution in [0.4, 0.5) is 5.69 Å².